The Balaban J connectivity index is 1.58. The van der Waals surface area contributed by atoms with Crippen LogP contribution < -0.4 is 9.64 Å². The smallest absolute Gasteiger partial charge is 0.225 e. The minimum atomic E-state index is 0.283. The third-order valence-electron chi connectivity index (χ3n) is 3.41. The first-order valence-electron chi connectivity index (χ1n) is 6.76. The van der Waals surface area contributed by atoms with E-state index in [9.17, 15) is 0 Å². The zero-order valence-corrected chi connectivity index (χ0v) is 13.2. The van der Waals surface area contributed by atoms with Crippen molar-refractivity contribution in [3.05, 3.63) is 46.3 Å². The number of ether oxygens (including phenoxy) is 1. The van der Waals surface area contributed by atoms with Crippen molar-refractivity contribution in [1.82, 2.24) is 9.97 Å². The average Bonchev–Trinajstić information content (AvgIpc) is 2.51. The molecule has 1 aromatic carbocycles. The zero-order chi connectivity index (χ0) is 13.8. The van der Waals surface area contributed by atoms with Crippen molar-refractivity contribution in [2.75, 3.05) is 18.0 Å². The van der Waals surface area contributed by atoms with Crippen LogP contribution in [0.1, 0.15) is 12.8 Å². The van der Waals surface area contributed by atoms with Gasteiger partial charge in [-0.2, -0.15) is 0 Å². The van der Waals surface area contributed by atoms with Crippen molar-refractivity contribution in [3.8, 4) is 5.75 Å². The summed E-state index contributed by atoms with van der Waals surface area (Å²) in [6.07, 6.45) is 5.87. The van der Waals surface area contributed by atoms with Crippen molar-refractivity contribution >= 4 is 28.5 Å². The van der Waals surface area contributed by atoms with Gasteiger partial charge in [-0.1, -0.05) is 12.1 Å². The van der Waals surface area contributed by atoms with Gasteiger partial charge < -0.3 is 9.64 Å². The van der Waals surface area contributed by atoms with E-state index in [1.165, 1.54) is 3.57 Å². The molecule has 1 fully saturated rings. The second-order valence-electron chi connectivity index (χ2n) is 4.78. The summed E-state index contributed by atoms with van der Waals surface area (Å²) < 4.78 is 7.26. The Morgan fingerprint density at radius 2 is 1.75 bits per heavy atom. The van der Waals surface area contributed by atoms with E-state index in [0.29, 0.717) is 0 Å². The number of nitrogens with zero attached hydrogens (tertiary/aromatic N) is 3. The minimum absolute atomic E-state index is 0.283. The summed E-state index contributed by atoms with van der Waals surface area (Å²) in [5.41, 5.74) is 0. The van der Waals surface area contributed by atoms with Crippen molar-refractivity contribution in [2.45, 2.75) is 18.9 Å². The molecule has 1 saturated heterocycles. The Hall–Kier alpha value is -1.37. The van der Waals surface area contributed by atoms with Gasteiger partial charge in [0, 0.05) is 38.3 Å². The number of hydrogen-bond acceptors (Lipinski definition) is 4. The summed E-state index contributed by atoms with van der Waals surface area (Å²) in [7, 11) is 0. The maximum absolute atomic E-state index is 6.10. The second kappa shape index (κ2) is 6.39. The summed E-state index contributed by atoms with van der Waals surface area (Å²) in [5, 5.41) is 0. The van der Waals surface area contributed by atoms with Crippen LogP contribution in [0.5, 0.6) is 5.75 Å². The van der Waals surface area contributed by atoms with Crippen molar-refractivity contribution < 1.29 is 4.74 Å². The lowest BCUT2D eigenvalue weighted by Gasteiger charge is -2.32. The fourth-order valence-electron chi connectivity index (χ4n) is 2.35. The number of hydrogen-bond donors (Lipinski definition) is 0. The highest BCUT2D eigenvalue weighted by Gasteiger charge is 2.22. The molecule has 2 heterocycles. The lowest BCUT2D eigenvalue weighted by Crippen LogP contribution is -2.39. The number of halogens is 1. The van der Waals surface area contributed by atoms with E-state index in [4.69, 9.17) is 4.74 Å². The number of benzene rings is 1. The van der Waals surface area contributed by atoms with E-state index in [1.807, 2.05) is 24.3 Å². The number of aromatic nitrogens is 2. The van der Waals surface area contributed by atoms with Gasteiger partial charge in [0.05, 0.1) is 3.57 Å². The Labute approximate surface area is 132 Å². The lowest BCUT2D eigenvalue weighted by molar-refractivity contribution is 0.169. The second-order valence-corrected chi connectivity index (χ2v) is 5.95. The molecular formula is C15H16IN3O. The zero-order valence-electron chi connectivity index (χ0n) is 11.1. The highest BCUT2D eigenvalue weighted by atomic mass is 127. The normalized spacial score (nSPS) is 16.1. The van der Waals surface area contributed by atoms with Crippen LogP contribution in [0, 0.1) is 3.57 Å². The summed E-state index contributed by atoms with van der Waals surface area (Å²) in [4.78, 5) is 10.8. The predicted molar refractivity (Wildman–Crippen MR) is 87.1 cm³/mol. The van der Waals surface area contributed by atoms with Crippen molar-refractivity contribution in [3.63, 3.8) is 0 Å². The van der Waals surface area contributed by atoms with Gasteiger partial charge in [0.15, 0.2) is 0 Å². The lowest BCUT2D eigenvalue weighted by atomic mass is 10.1. The van der Waals surface area contributed by atoms with Gasteiger partial charge in [0.2, 0.25) is 5.95 Å². The van der Waals surface area contributed by atoms with E-state index >= 15 is 0 Å². The topological polar surface area (TPSA) is 38.2 Å². The molecular weight excluding hydrogens is 365 g/mol. The first-order valence-corrected chi connectivity index (χ1v) is 7.84. The first-order chi connectivity index (χ1) is 9.83. The van der Waals surface area contributed by atoms with Gasteiger partial charge in [-0.3, -0.25) is 0 Å². The molecule has 1 aromatic heterocycles. The molecule has 0 spiro atoms. The summed E-state index contributed by atoms with van der Waals surface area (Å²) in [6.45, 7) is 1.89. The quantitative estimate of drug-likeness (QED) is 0.766. The van der Waals surface area contributed by atoms with Gasteiger partial charge >= 0.3 is 0 Å². The van der Waals surface area contributed by atoms with Crippen molar-refractivity contribution in [2.24, 2.45) is 0 Å². The van der Waals surface area contributed by atoms with Crippen LogP contribution in [0.2, 0.25) is 0 Å². The summed E-state index contributed by atoms with van der Waals surface area (Å²) >= 11 is 2.31. The molecule has 0 bridgehead atoms. The Kier molecular flexibility index (Phi) is 4.34. The Morgan fingerprint density at radius 3 is 2.45 bits per heavy atom. The van der Waals surface area contributed by atoms with Crippen LogP contribution in [0.3, 0.4) is 0 Å². The molecule has 0 saturated carbocycles. The number of anilines is 1. The molecule has 0 radical (unpaired) electrons. The van der Waals surface area contributed by atoms with Crippen LogP contribution >= 0.6 is 22.6 Å². The molecule has 2 aromatic rings. The molecule has 3 rings (SSSR count). The Bertz CT molecular complexity index is 556. The van der Waals surface area contributed by atoms with Crippen LogP contribution in [-0.2, 0) is 0 Å². The number of piperidine rings is 1. The largest absolute Gasteiger partial charge is 0.489 e. The van der Waals surface area contributed by atoms with Crippen LogP contribution in [0.25, 0.3) is 0 Å². The SMILES string of the molecule is Ic1ccccc1OC1CCN(c2ncccn2)CC1. The van der Waals surface area contributed by atoms with E-state index in [1.54, 1.807) is 12.4 Å². The fourth-order valence-corrected chi connectivity index (χ4v) is 2.86. The minimum Gasteiger partial charge on any atom is -0.489 e. The van der Waals surface area contributed by atoms with Gasteiger partial charge in [-0.05, 0) is 40.8 Å². The molecule has 0 unspecified atom stereocenters. The molecule has 5 heteroatoms. The van der Waals surface area contributed by atoms with Gasteiger partial charge in [0.25, 0.3) is 0 Å². The molecule has 0 N–H and O–H groups in total. The highest BCUT2D eigenvalue weighted by Crippen LogP contribution is 2.24. The molecule has 0 aliphatic carbocycles. The third-order valence-corrected chi connectivity index (χ3v) is 4.30. The maximum Gasteiger partial charge on any atom is 0.225 e. The predicted octanol–water partition coefficient (Wildman–Crippen LogP) is 3.13. The van der Waals surface area contributed by atoms with Crippen LogP contribution in [0.4, 0.5) is 5.95 Å². The summed E-state index contributed by atoms with van der Waals surface area (Å²) in [5.74, 6) is 1.81. The number of rotatable bonds is 3. The van der Waals surface area contributed by atoms with Gasteiger partial charge in [0.1, 0.15) is 11.9 Å². The van der Waals surface area contributed by atoms with E-state index < -0.39 is 0 Å². The van der Waals surface area contributed by atoms with E-state index in [-0.39, 0.29) is 6.10 Å². The molecule has 20 heavy (non-hydrogen) atoms. The fraction of sp³-hybridized carbons (Fsp3) is 0.333. The first kappa shape index (κ1) is 13.6. The number of para-hydroxylation sites is 1. The summed E-state index contributed by atoms with van der Waals surface area (Å²) in [6, 6.07) is 10.0. The van der Waals surface area contributed by atoms with Crippen LogP contribution in [-0.4, -0.2) is 29.2 Å². The highest BCUT2D eigenvalue weighted by molar-refractivity contribution is 14.1. The average molecular weight is 381 g/mol. The standard InChI is InChI=1S/C15H16IN3O/c16-13-4-1-2-5-14(13)20-12-6-10-19(11-7-12)15-17-8-3-9-18-15/h1-5,8-9,12H,6-7,10-11H2. The van der Waals surface area contributed by atoms with E-state index in [0.717, 1.165) is 37.6 Å². The van der Waals surface area contributed by atoms with E-state index in [2.05, 4.69) is 43.5 Å². The molecule has 4 nitrogen and oxygen atoms in total. The third kappa shape index (κ3) is 3.20. The monoisotopic (exact) mass is 381 g/mol. The molecule has 1 aliphatic heterocycles. The maximum atomic E-state index is 6.10. The molecule has 0 atom stereocenters. The van der Waals surface area contributed by atoms with Gasteiger partial charge in [-0.25, -0.2) is 9.97 Å². The Morgan fingerprint density at radius 1 is 1.05 bits per heavy atom. The van der Waals surface area contributed by atoms with Gasteiger partial charge in [-0.15, -0.1) is 0 Å². The molecule has 0 amide bonds. The van der Waals surface area contributed by atoms with Crippen molar-refractivity contribution in [1.29, 1.82) is 0 Å². The molecule has 1 aliphatic rings. The molecule has 104 valence electrons. The van der Waals surface area contributed by atoms with Crippen LogP contribution in [0.15, 0.2) is 42.7 Å².